The van der Waals surface area contributed by atoms with Crippen LogP contribution in [0.25, 0.3) is 32.7 Å². The third-order valence-corrected chi connectivity index (χ3v) is 8.01. The molecule has 0 saturated carbocycles. The van der Waals surface area contributed by atoms with Gasteiger partial charge in [0.25, 0.3) is 0 Å². The minimum Gasteiger partial charge on any atom is -0.219 e. The molecule has 0 fully saturated rings. The molecule has 30 heavy (non-hydrogen) atoms. The molecule has 0 aromatic heterocycles. The number of rotatable bonds is 3. The zero-order valence-electron chi connectivity index (χ0n) is 15.9. The van der Waals surface area contributed by atoms with Gasteiger partial charge in [0.15, 0.2) is 0 Å². The number of fused-ring (bicyclic) bond motifs is 2. The van der Waals surface area contributed by atoms with Crippen molar-refractivity contribution in [2.45, 2.75) is 9.79 Å². The maximum atomic E-state index is 12.9. The smallest absolute Gasteiger partial charge is 0.206 e. The minimum atomic E-state index is -3.54. The summed E-state index contributed by atoms with van der Waals surface area (Å²) in [6.45, 7) is 0. The average Bonchev–Trinajstić information content (AvgIpc) is 2.80. The molecule has 0 heterocycles. The Morgan fingerprint density at radius 3 is 1.47 bits per heavy atom. The highest BCUT2D eigenvalue weighted by Crippen LogP contribution is 2.41. The Kier molecular flexibility index (Phi) is 4.69. The highest BCUT2D eigenvalue weighted by atomic mass is 79.9. The van der Waals surface area contributed by atoms with Crippen LogP contribution in [0.15, 0.2) is 117 Å². The van der Waals surface area contributed by atoms with E-state index in [1.165, 1.54) is 0 Å². The van der Waals surface area contributed by atoms with Crippen LogP contribution in [0.2, 0.25) is 0 Å². The van der Waals surface area contributed by atoms with E-state index in [0.717, 1.165) is 37.1 Å². The summed E-state index contributed by atoms with van der Waals surface area (Å²) < 4.78 is 27.0. The summed E-state index contributed by atoms with van der Waals surface area (Å²) >= 11 is 3.77. The Labute approximate surface area is 183 Å². The summed E-state index contributed by atoms with van der Waals surface area (Å²) in [4.78, 5) is 0.598. The third kappa shape index (κ3) is 3.04. The van der Waals surface area contributed by atoms with Crippen LogP contribution in [-0.4, -0.2) is 8.42 Å². The fraction of sp³-hybridized carbons (Fsp3) is 0. The Morgan fingerprint density at radius 1 is 0.500 bits per heavy atom. The molecule has 0 radical (unpaired) electrons. The highest BCUT2D eigenvalue weighted by Gasteiger charge is 2.18. The van der Waals surface area contributed by atoms with Crippen LogP contribution in [0.4, 0.5) is 0 Å². The molecule has 146 valence electrons. The van der Waals surface area contributed by atoms with E-state index in [2.05, 4.69) is 40.2 Å². The Balaban J connectivity index is 1.73. The maximum Gasteiger partial charge on any atom is 0.206 e. The normalized spacial score (nSPS) is 11.8. The first-order valence-corrected chi connectivity index (χ1v) is 11.8. The molecule has 0 aliphatic heterocycles. The van der Waals surface area contributed by atoms with Crippen LogP contribution in [0.1, 0.15) is 0 Å². The van der Waals surface area contributed by atoms with Crippen molar-refractivity contribution in [3.8, 4) is 11.1 Å². The maximum absolute atomic E-state index is 12.9. The Hall–Kier alpha value is -2.95. The van der Waals surface area contributed by atoms with Gasteiger partial charge < -0.3 is 0 Å². The molecule has 0 amide bonds. The SMILES string of the molecule is O=S(=O)(c1ccccc1)c1ccc(-c2c3ccccc3c(Br)c3ccccc23)cc1. The van der Waals surface area contributed by atoms with Crippen LogP contribution >= 0.6 is 15.9 Å². The zero-order valence-corrected chi connectivity index (χ0v) is 18.3. The summed E-state index contributed by atoms with van der Waals surface area (Å²) in [5.74, 6) is 0. The molecule has 0 aliphatic rings. The van der Waals surface area contributed by atoms with Crippen LogP contribution in [0, 0.1) is 0 Å². The highest BCUT2D eigenvalue weighted by molar-refractivity contribution is 9.10. The van der Waals surface area contributed by atoms with Crippen molar-refractivity contribution in [1.82, 2.24) is 0 Å². The topological polar surface area (TPSA) is 34.1 Å². The number of halogens is 1. The first-order chi connectivity index (χ1) is 14.6. The minimum absolute atomic E-state index is 0.295. The van der Waals surface area contributed by atoms with Crippen molar-refractivity contribution < 1.29 is 8.42 Å². The summed E-state index contributed by atoms with van der Waals surface area (Å²) in [6.07, 6.45) is 0. The van der Waals surface area contributed by atoms with Gasteiger partial charge in [0, 0.05) is 4.47 Å². The second-order valence-corrected chi connectivity index (χ2v) is 9.86. The lowest BCUT2D eigenvalue weighted by atomic mass is 9.92. The molecule has 0 unspecified atom stereocenters. The zero-order chi connectivity index (χ0) is 20.7. The van der Waals surface area contributed by atoms with Crippen LogP contribution in [0.3, 0.4) is 0 Å². The molecule has 0 bridgehead atoms. The van der Waals surface area contributed by atoms with Gasteiger partial charge in [0.05, 0.1) is 9.79 Å². The van der Waals surface area contributed by atoms with E-state index in [9.17, 15) is 8.42 Å². The summed E-state index contributed by atoms with van der Waals surface area (Å²) in [5, 5.41) is 4.52. The predicted molar refractivity (Wildman–Crippen MR) is 126 cm³/mol. The monoisotopic (exact) mass is 472 g/mol. The third-order valence-electron chi connectivity index (χ3n) is 5.37. The van der Waals surface area contributed by atoms with Gasteiger partial charge in [-0.05, 0) is 72.9 Å². The van der Waals surface area contributed by atoms with Crippen molar-refractivity contribution >= 4 is 47.3 Å². The lowest BCUT2D eigenvalue weighted by Crippen LogP contribution is -2.01. The lowest BCUT2D eigenvalue weighted by molar-refractivity contribution is 0.596. The van der Waals surface area contributed by atoms with Gasteiger partial charge in [-0.3, -0.25) is 0 Å². The van der Waals surface area contributed by atoms with Gasteiger partial charge in [-0.2, -0.15) is 0 Å². The first-order valence-electron chi connectivity index (χ1n) is 9.57. The number of hydrogen-bond donors (Lipinski definition) is 0. The molecule has 5 rings (SSSR count). The first kappa shape index (κ1) is 19.0. The van der Waals surface area contributed by atoms with E-state index in [1.54, 1.807) is 36.4 Å². The largest absolute Gasteiger partial charge is 0.219 e. The summed E-state index contributed by atoms with van der Waals surface area (Å²) in [6, 6.07) is 32.3. The van der Waals surface area contributed by atoms with E-state index in [-0.39, 0.29) is 0 Å². The molecule has 0 N–H and O–H groups in total. The average molecular weight is 473 g/mol. The molecular weight excluding hydrogens is 456 g/mol. The predicted octanol–water partition coefficient (Wildman–Crippen LogP) is 7.26. The summed E-state index contributed by atoms with van der Waals surface area (Å²) in [5.41, 5.74) is 2.09. The quantitative estimate of drug-likeness (QED) is 0.259. The second kappa shape index (κ2) is 7.38. The number of sulfone groups is 1. The van der Waals surface area contributed by atoms with Crippen molar-refractivity contribution in [2.75, 3.05) is 0 Å². The molecular formula is C26H17BrO2S. The van der Waals surface area contributed by atoms with Gasteiger partial charge in [0.1, 0.15) is 0 Å². The van der Waals surface area contributed by atoms with E-state index in [1.807, 2.05) is 42.5 Å². The standard InChI is InChI=1S/C26H17BrO2S/c27-26-23-12-6-4-10-21(23)25(22-11-5-7-13-24(22)26)18-14-16-20(17-15-18)30(28,29)19-8-2-1-3-9-19/h1-17H. The molecule has 2 nitrogen and oxygen atoms in total. The molecule has 0 spiro atoms. The van der Waals surface area contributed by atoms with E-state index in [0.29, 0.717) is 9.79 Å². The van der Waals surface area contributed by atoms with Crippen LogP contribution < -0.4 is 0 Å². The van der Waals surface area contributed by atoms with Crippen LogP contribution in [-0.2, 0) is 9.84 Å². The van der Waals surface area contributed by atoms with Crippen molar-refractivity contribution in [3.63, 3.8) is 0 Å². The lowest BCUT2D eigenvalue weighted by Gasteiger charge is -2.15. The van der Waals surface area contributed by atoms with Gasteiger partial charge in [-0.25, -0.2) is 8.42 Å². The van der Waals surface area contributed by atoms with Gasteiger partial charge in [-0.15, -0.1) is 0 Å². The van der Waals surface area contributed by atoms with Gasteiger partial charge in [-0.1, -0.05) is 78.9 Å². The van der Waals surface area contributed by atoms with E-state index < -0.39 is 9.84 Å². The second-order valence-electron chi connectivity index (χ2n) is 7.12. The molecule has 4 heteroatoms. The van der Waals surface area contributed by atoms with Gasteiger partial charge in [0.2, 0.25) is 9.84 Å². The molecule has 0 aliphatic carbocycles. The van der Waals surface area contributed by atoms with Crippen molar-refractivity contribution in [2.24, 2.45) is 0 Å². The Bertz CT molecular complexity index is 1430. The molecule has 0 atom stereocenters. The van der Waals surface area contributed by atoms with E-state index >= 15 is 0 Å². The Morgan fingerprint density at radius 2 is 0.933 bits per heavy atom. The van der Waals surface area contributed by atoms with Crippen molar-refractivity contribution in [3.05, 3.63) is 108 Å². The number of hydrogen-bond acceptors (Lipinski definition) is 2. The van der Waals surface area contributed by atoms with Crippen molar-refractivity contribution in [1.29, 1.82) is 0 Å². The molecule has 5 aromatic carbocycles. The fourth-order valence-corrected chi connectivity index (χ4v) is 5.90. The van der Waals surface area contributed by atoms with Crippen LogP contribution in [0.5, 0.6) is 0 Å². The fourth-order valence-electron chi connectivity index (χ4n) is 3.92. The molecule has 0 saturated heterocycles. The van der Waals surface area contributed by atoms with E-state index in [4.69, 9.17) is 0 Å². The summed E-state index contributed by atoms with van der Waals surface area (Å²) in [7, 11) is -3.54. The number of benzene rings is 5. The molecule has 5 aromatic rings. The van der Waals surface area contributed by atoms with Gasteiger partial charge >= 0.3 is 0 Å².